The van der Waals surface area contributed by atoms with Crippen LogP contribution in [0.25, 0.3) is 0 Å². The van der Waals surface area contributed by atoms with Crippen molar-refractivity contribution in [2.75, 3.05) is 11.1 Å². The van der Waals surface area contributed by atoms with Crippen molar-refractivity contribution in [1.82, 2.24) is 4.98 Å². The van der Waals surface area contributed by atoms with Gasteiger partial charge in [-0.1, -0.05) is 6.07 Å². The van der Waals surface area contributed by atoms with Gasteiger partial charge in [-0.05, 0) is 40.2 Å². The zero-order valence-electron chi connectivity index (χ0n) is 9.15. The predicted molar refractivity (Wildman–Crippen MR) is 70.7 cm³/mol. The van der Waals surface area contributed by atoms with E-state index in [0.29, 0.717) is 10.3 Å². The quantitative estimate of drug-likeness (QED) is 0.838. The highest BCUT2D eigenvalue weighted by atomic mass is 79.9. The number of hydrogen-bond acceptors (Lipinski definition) is 3. The highest BCUT2D eigenvalue weighted by molar-refractivity contribution is 9.10. The molecule has 0 atom stereocenters. The van der Waals surface area contributed by atoms with E-state index >= 15 is 0 Å². The Bertz CT molecular complexity index is 589. The molecular formula is C12H9BrFN3O. The molecule has 1 heterocycles. The van der Waals surface area contributed by atoms with Gasteiger partial charge in [0.05, 0.1) is 11.3 Å². The molecular weight excluding hydrogens is 301 g/mol. The van der Waals surface area contributed by atoms with Gasteiger partial charge < -0.3 is 11.1 Å². The van der Waals surface area contributed by atoms with Crippen LogP contribution in [-0.4, -0.2) is 10.9 Å². The Hall–Kier alpha value is -1.95. The summed E-state index contributed by atoms with van der Waals surface area (Å²) in [6.07, 6.45) is 1.56. The molecule has 0 bridgehead atoms. The number of nitrogens with one attached hydrogen (secondary N) is 1. The van der Waals surface area contributed by atoms with Gasteiger partial charge in [0.2, 0.25) is 0 Å². The number of anilines is 2. The van der Waals surface area contributed by atoms with Crippen LogP contribution in [0.3, 0.4) is 0 Å². The first kappa shape index (κ1) is 12.5. The molecule has 0 spiro atoms. The fourth-order valence-corrected chi connectivity index (χ4v) is 1.86. The van der Waals surface area contributed by atoms with Gasteiger partial charge in [-0.15, -0.1) is 0 Å². The third-order valence-corrected chi connectivity index (χ3v) is 2.89. The molecule has 0 aliphatic carbocycles. The minimum absolute atomic E-state index is 0.0793. The molecule has 4 nitrogen and oxygen atoms in total. The van der Waals surface area contributed by atoms with Crippen molar-refractivity contribution in [3.63, 3.8) is 0 Å². The number of nitrogens with zero attached hydrogens (tertiary/aromatic N) is 1. The van der Waals surface area contributed by atoms with Gasteiger partial charge in [-0.2, -0.15) is 0 Å². The predicted octanol–water partition coefficient (Wildman–Crippen LogP) is 2.82. The van der Waals surface area contributed by atoms with Crippen molar-refractivity contribution in [2.45, 2.75) is 0 Å². The standard InChI is InChI=1S/C12H9BrFN3O/c13-8-6-9(14)10(15)5-7(8)12(18)17-11-3-1-2-4-16-11/h1-6H,15H2,(H,16,17,18). The summed E-state index contributed by atoms with van der Waals surface area (Å²) < 4.78 is 13.5. The summed E-state index contributed by atoms with van der Waals surface area (Å²) in [5, 5.41) is 2.59. The molecule has 1 aromatic carbocycles. The van der Waals surface area contributed by atoms with E-state index < -0.39 is 11.7 Å². The Kier molecular flexibility index (Phi) is 3.57. The summed E-state index contributed by atoms with van der Waals surface area (Å²) in [5.41, 5.74) is 5.60. The first-order chi connectivity index (χ1) is 8.58. The summed E-state index contributed by atoms with van der Waals surface area (Å²) in [7, 11) is 0. The number of carbonyl (C=O) groups is 1. The van der Waals surface area contributed by atoms with Crippen molar-refractivity contribution >= 4 is 33.3 Å². The summed E-state index contributed by atoms with van der Waals surface area (Å²) in [6.45, 7) is 0. The summed E-state index contributed by atoms with van der Waals surface area (Å²) in [5.74, 6) is -0.569. The summed E-state index contributed by atoms with van der Waals surface area (Å²) in [4.78, 5) is 15.9. The molecule has 0 aliphatic rings. The maximum Gasteiger partial charge on any atom is 0.258 e. The van der Waals surface area contributed by atoms with Gasteiger partial charge in [0, 0.05) is 10.7 Å². The van der Waals surface area contributed by atoms with Crippen molar-refractivity contribution in [3.8, 4) is 0 Å². The number of halogens is 2. The lowest BCUT2D eigenvalue weighted by molar-refractivity contribution is 0.102. The molecule has 2 aromatic rings. The van der Waals surface area contributed by atoms with Gasteiger partial charge in [-0.3, -0.25) is 4.79 Å². The zero-order valence-corrected chi connectivity index (χ0v) is 10.7. The van der Waals surface area contributed by atoms with Crippen LogP contribution in [0.2, 0.25) is 0 Å². The number of pyridine rings is 1. The Morgan fingerprint density at radius 3 is 2.83 bits per heavy atom. The Morgan fingerprint density at radius 2 is 2.17 bits per heavy atom. The smallest absolute Gasteiger partial charge is 0.258 e. The second-order valence-electron chi connectivity index (χ2n) is 3.52. The van der Waals surface area contributed by atoms with Crippen LogP contribution in [0.15, 0.2) is 41.0 Å². The van der Waals surface area contributed by atoms with E-state index in [1.54, 1.807) is 24.4 Å². The number of aromatic nitrogens is 1. The molecule has 3 N–H and O–H groups in total. The van der Waals surface area contributed by atoms with E-state index in [1.807, 2.05) is 0 Å². The van der Waals surface area contributed by atoms with Gasteiger partial charge in [0.15, 0.2) is 0 Å². The number of nitrogen functional groups attached to an aromatic ring is 1. The maximum atomic E-state index is 13.2. The third kappa shape index (κ3) is 2.65. The van der Waals surface area contributed by atoms with Crippen molar-refractivity contribution in [3.05, 3.63) is 52.4 Å². The van der Waals surface area contributed by atoms with E-state index in [2.05, 4.69) is 26.2 Å². The largest absolute Gasteiger partial charge is 0.396 e. The lowest BCUT2D eigenvalue weighted by atomic mass is 10.2. The highest BCUT2D eigenvalue weighted by Gasteiger charge is 2.13. The number of nitrogens with two attached hydrogens (primary N) is 1. The second kappa shape index (κ2) is 5.14. The van der Waals surface area contributed by atoms with Gasteiger partial charge >= 0.3 is 0 Å². The molecule has 0 fully saturated rings. The molecule has 0 saturated heterocycles. The number of carbonyl (C=O) groups excluding carboxylic acids is 1. The van der Waals surface area contributed by atoms with Crippen LogP contribution in [0, 0.1) is 5.82 Å². The first-order valence-corrected chi connectivity index (χ1v) is 5.84. The lowest BCUT2D eigenvalue weighted by Crippen LogP contribution is -2.14. The summed E-state index contributed by atoms with van der Waals surface area (Å²) >= 11 is 3.12. The highest BCUT2D eigenvalue weighted by Crippen LogP contribution is 2.23. The van der Waals surface area contributed by atoms with Gasteiger partial charge in [0.25, 0.3) is 5.91 Å². The number of amides is 1. The zero-order chi connectivity index (χ0) is 13.1. The molecule has 0 radical (unpaired) electrons. The number of rotatable bonds is 2. The average molecular weight is 310 g/mol. The van der Waals surface area contributed by atoms with Crippen LogP contribution in [-0.2, 0) is 0 Å². The van der Waals surface area contributed by atoms with Crippen LogP contribution < -0.4 is 11.1 Å². The van der Waals surface area contributed by atoms with E-state index in [-0.39, 0.29) is 11.3 Å². The van der Waals surface area contributed by atoms with E-state index in [4.69, 9.17) is 5.73 Å². The summed E-state index contributed by atoms with van der Waals surface area (Å²) in [6, 6.07) is 7.57. The fraction of sp³-hybridized carbons (Fsp3) is 0. The maximum absolute atomic E-state index is 13.2. The van der Waals surface area contributed by atoms with Crippen molar-refractivity contribution in [1.29, 1.82) is 0 Å². The minimum atomic E-state index is -0.573. The minimum Gasteiger partial charge on any atom is -0.396 e. The normalized spacial score (nSPS) is 10.1. The third-order valence-electron chi connectivity index (χ3n) is 2.24. The average Bonchev–Trinajstić information content (AvgIpc) is 2.35. The molecule has 18 heavy (non-hydrogen) atoms. The number of benzene rings is 1. The Morgan fingerprint density at radius 1 is 1.39 bits per heavy atom. The molecule has 1 aromatic heterocycles. The van der Waals surface area contributed by atoms with E-state index in [0.717, 1.165) is 6.07 Å². The Balaban J connectivity index is 2.27. The number of hydrogen-bond donors (Lipinski definition) is 2. The molecule has 0 aliphatic heterocycles. The lowest BCUT2D eigenvalue weighted by Gasteiger charge is -2.07. The van der Waals surface area contributed by atoms with Gasteiger partial charge in [0.1, 0.15) is 11.6 Å². The van der Waals surface area contributed by atoms with Crippen molar-refractivity contribution < 1.29 is 9.18 Å². The van der Waals surface area contributed by atoms with Gasteiger partial charge in [-0.25, -0.2) is 9.37 Å². The van der Waals surface area contributed by atoms with Crippen LogP contribution in [0.1, 0.15) is 10.4 Å². The monoisotopic (exact) mass is 309 g/mol. The second-order valence-corrected chi connectivity index (χ2v) is 4.38. The van der Waals surface area contributed by atoms with Crippen LogP contribution >= 0.6 is 15.9 Å². The van der Waals surface area contributed by atoms with Crippen LogP contribution in [0.5, 0.6) is 0 Å². The molecule has 2 rings (SSSR count). The topological polar surface area (TPSA) is 68.0 Å². The van der Waals surface area contributed by atoms with Crippen molar-refractivity contribution in [2.24, 2.45) is 0 Å². The molecule has 0 unspecified atom stereocenters. The van der Waals surface area contributed by atoms with E-state index in [9.17, 15) is 9.18 Å². The van der Waals surface area contributed by atoms with Crippen LogP contribution in [0.4, 0.5) is 15.9 Å². The molecule has 0 saturated carbocycles. The molecule has 92 valence electrons. The molecule has 6 heteroatoms. The fourth-order valence-electron chi connectivity index (χ4n) is 1.36. The first-order valence-electron chi connectivity index (χ1n) is 5.05. The Labute approximate surface area is 111 Å². The van der Waals surface area contributed by atoms with E-state index in [1.165, 1.54) is 6.07 Å². The SMILES string of the molecule is Nc1cc(C(=O)Nc2ccccn2)c(Br)cc1F. The molecule has 1 amide bonds.